The van der Waals surface area contributed by atoms with Crippen molar-refractivity contribution in [2.45, 2.75) is 6.54 Å². The SMILES string of the molecule is O=C(NCc1nc2ccccc2[nH]1)c1nc(-c2ccc3c(c2)OCO3)no1. The van der Waals surface area contributed by atoms with Crippen LogP contribution in [0.4, 0.5) is 0 Å². The first-order valence-electron chi connectivity index (χ1n) is 8.22. The number of imidazole rings is 1. The average Bonchev–Trinajstić information content (AvgIpc) is 3.43. The number of nitrogens with one attached hydrogen (secondary N) is 2. The van der Waals surface area contributed by atoms with Crippen LogP contribution in [0.2, 0.25) is 0 Å². The van der Waals surface area contributed by atoms with Crippen molar-refractivity contribution in [2.75, 3.05) is 6.79 Å². The summed E-state index contributed by atoms with van der Waals surface area (Å²) in [7, 11) is 0. The number of carbonyl (C=O) groups excluding carboxylic acids is 1. The van der Waals surface area contributed by atoms with Crippen LogP contribution in [0.3, 0.4) is 0 Å². The highest BCUT2D eigenvalue weighted by atomic mass is 16.7. The molecule has 27 heavy (non-hydrogen) atoms. The van der Waals surface area contributed by atoms with E-state index >= 15 is 0 Å². The molecule has 0 saturated carbocycles. The van der Waals surface area contributed by atoms with Crippen molar-refractivity contribution in [3.63, 3.8) is 0 Å². The van der Waals surface area contributed by atoms with E-state index in [1.807, 2.05) is 24.3 Å². The van der Waals surface area contributed by atoms with Crippen LogP contribution < -0.4 is 14.8 Å². The van der Waals surface area contributed by atoms with Crippen molar-refractivity contribution in [3.05, 3.63) is 54.2 Å². The van der Waals surface area contributed by atoms with Gasteiger partial charge in [0.25, 0.3) is 0 Å². The summed E-state index contributed by atoms with van der Waals surface area (Å²) in [4.78, 5) is 24.0. The van der Waals surface area contributed by atoms with E-state index in [0.717, 1.165) is 11.0 Å². The Hall–Kier alpha value is -3.88. The third-order valence-corrected chi connectivity index (χ3v) is 4.11. The maximum atomic E-state index is 12.3. The topological polar surface area (TPSA) is 115 Å². The van der Waals surface area contributed by atoms with E-state index < -0.39 is 5.91 Å². The quantitative estimate of drug-likeness (QED) is 0.571. The normalized spacial score (nSPS) is 12.4. The van der Waals surface area contributed by atoms with Crippen molar-refractivity contribution in [1.29, 1.82) is 0 Å². The molecule has 3 heterocycles. The van der Waals surface area contributed by atoms with Gasteiger partial charge in [0.1, 0.15) is 5.82 Å². The summed E-state index contributed by atoms with van der Waals surface area (Å²) in [5.74, 6) is 1.59. The molecular weight excluding hydrogens is 350 g/mol. The number of aromatic nitrogens is 4. The molecule has 1 aliphatic rings. The highest BCUT2D eigenvalue weighted by molar-refractivity contribution is 5.89. The smallest absolute Gasteiger partial charge is 0.316 e. The van der Waals surface area contributed by atoms with Crippen LogP contribution in [-0.4, -0.2) is 32.8 Å². The number of nitrogens with zero attached hydrogens (tertiary/aromatic N) is 3. The Labute approximate surface area is 152 Å². The van der Waals surface area contributed by atoms with Gasteiger partial charge in [-0.05, 0) is 30.3 Å². The lowest BCUT2D eigenvalue weighted by Crippen LogP contribution is -2.23. The maximum absolute atomic E-state index is 12.3. The standard InChI is InChI=1S/C18H13N5O4/c24-17(19-8-15-20-11-3-1-2-4-12(11)21-15)18-22-16(23-27-18)10-5-6-13-14(7-10)26-9-25-13/h1-7H,8-9H2,(H,19,24)(H,20,21). The number of benzene rings is 2. The lowest BCUT2D eigenvalue weighted by atomic mass is 10.2. The van der Waals surface area contributed by atoms with Gasteiger partial charge < -0.3 is 24.3 Å². The molecule has 0 spiro atoms. The number of amides is 1. The third kappa shape index (κ3) is 2.84. The predicted octanol–water partition coefficient (Wildman–Crippen LogP) is 2.27. The second kappa shape index (κ2) is 6.13. The zero-order chi connectivity index (χ0) is 18.2. The van der Waals surface area contributed by atoms with Crippen LogP contribution in [-0.2, 0) is 6.54 Å². The van der Waals surface area contributed by atoms with Gasteiger partial charge in [-0.25, -0.2) is 4.98 Å². The molecule has 1 aliphatic heterocycles. The first-order chi connectivity index (χ1) is 13.3. The number of hydrogen-bond donors (Lipinski definition) is 2. The monoisotopic (exact) mass is 363 g/mol. The van der Waals surface area contributed by atoms with E-state index in [1.54, 1.807) is 18.2 Å². The van der Waals surface area contributed by atoms with E-state index in [2.05, 4.69) is 25.4 Å². The second-order valence-electron chi connectivity index (χ2n) is 5.87. The largest absolute Gasteiger partial charge is 0.454 e. The van der Waals surface area contributed by atoms with Gasteiger partial charge in [0.15, 0.2) is 11.5 Å². The first-order valence-corrected chi connectivity index (χ1v) is 8.22. The van der Waals surface area contributed by atoms with Gasteiger partial charge in [-0.3, -0.25) is 4.79 Å². The molecule has 2 aromatic carbocycles. The van der Waals surface area contributed by atoms with Gasteiger partial charge in [0.2, 0.25) is 12.6 Å². The highest BCUT2D eigenvalue weighted by Crippen LogP contribution is 2.35. The van der Waals surface area contributed by atoms with E-state index in [0.29, 0.717) is 28.7 Å². The minimum Gasteiger partial charge on any atom is -0.454 e. The van der Waals surface area contributed by atoms with Crippen molar-refractivity contribution >= 4 is 16.9 Å². The Morgan fingerprint density at radius 2 is 2.00 bits per heavy atom. The predicted molar refractivity (Wildman–Crippen MR) is 93.1 cm³/mol. The second-order valence-corrected chi connectivity index (χ2v) is 5.87. The van der Waals surface area contributed by atoms with Gasteiger partial charge in [-0.15, -0.1) is 0 Å². The average molecular weight is 363 g/mol. The molecule has 0 saturated heterocycles. The highest BCUT2D eigenvalue weighted by Gasteiger charge is 2.19. The van der Waals surface area contributed by atoms with E-state index in [9.17, 15) is 4.79 Å². The fraction of sp³-hybridized carbons (Fsp3) is 0.111. The zero-order valence-corrected chi connectivity index (χ0v) is 13.9. The molecule has 5 rings (SSSR count). The fourth-order valence-corrected chi connectivity index (χ4v) is 2.80. The van der Waals surface area contributed by atoms with Crippen molar-refractivity contribution < 1.29 is 18.8 Å². The summed E-state index contributed by atoms with van der Waals surface area (Å²) in [6.45, 7) is 0.399. The molecule has 0 fully saturated rings. The van der Waals surface area contributed by atoms with Crippen LogP contribution in [0, 0.1) is 0 Å². The Morgan fingerprint density at radius 1 is 1.11 bits per heavy atom. The maximum Gasteiger partial charge on any atom is 0.316 e. The van der Waals surface area contributed by atoms with Crippen LogP contribution in [0.15, 0.2) is 47.0 Å². The first kappa shape index (κ1) is 15.4. The minimum absolute atomic E-state index is 0.126. The number of para-hydroxylation sites is 2. The summed E-state index contributed by atoms with van der Waals surface area (Å²) >= 11 is 0. The lowest BCUT2D eigenvalue weighted by Gasteiger charge is -1.98. The summed E-state index contributed by atoms with van der Waals surface area (Å²) in [6, 6.07) is 12.9. The molecule has 0 atom stereocenters. The van der Waals surface area contributed by atoms with Gasteiger partial charge in [-0.2, -0.15) is 4.98 Å². The van der Waals surface area contributed by atoms with Crippen LogP contribution in [0.5, 0.6) is 11.5 Å². The molecule has 1 amide bonds. The van der Waals surface area contributed by atoms with Crippen LogP contribution in [0.25, 0.3) is 22.4 Å². The summed E-state index contributed by atoms with van der Waals surface area (Å²) in [6.07, 6.45) is 0. The molecule has 0 bridgehead atoms. The van der Waals surface area contributed by atoms with Crippen molar-refractivity contribution in [2.24, 2.45) is 0 Å². The molecule has 9 heteroatoms. The molecular formula is C18H13N5O4. The Bertz CT molecular complexity index is 1120. The zero-order valence-electron chi connectivity index (χ0n) is 13.9. The number of ether oxygens (including phenoxy) is 2. The molecule has 9 nitrogen and oxygen atoms in total. The molecule has 4 aromatic rings. The number of rotatable bonds is 4. The van der Waals surface area contributed by atoms with Gasteiger partial charge >= 0.3 is 11.8 Å². The number of fused-ring (bicyclic) bond motifs is 2. The fourth-order valence-electron chi connectivity index (χ4n) is 2.80. The molecule has 134 valence electrons. The molecule has 0 unspecified atom stereocenters. The number of carbonyl (C=O) groups is 1. The van der Waals surface area contributed by atoms with Gasteiger partial charge in [0.05, 0.1) is 17.6 Å². The molecule has 0 aliphatic carbocycles. The minimum atomic E-state index is -0.477. The molecule has 2 aromatic heterocycles. The van der Waals surface area contributed by atoms with Crippen molar-refractivity contribution in [1.82, 2.24) is 25.4 Å². The Balaban J connectivity index is 1.29. The van der Waals surface area contributed by atoms with Gasteiger partial charge in [0, 0.05) is 5.56 Å². The summed E-state index contributed by atoms with van der Waals surface area (Å²) < 4.78 is 15.7. The molecule has 2 N–H and O–H groups in total. The lowest BCUT2D eigenvalue weighted by molar-refractivity contribution is 0.0906. The Morgan fingerprint density at radius 3 is 2.93 bits per heavy atom. The third-order valence-electron chi connectivity index (χ3n) is 4.11. The van der Waals surface area contributed by atoms with Crippen LogP contribution >= 0.6 is 0 Å². The summed E-state index contributed by atoms with van der Waals surface area (Å²) in [5.41, 5.74) is 2.41. The van der Waals surface area contributed by atoms with Crippen molar-refractivity contribution in [3.8, 4) is 22.9 Å². The van der Waals surface area contributed by atoms with Gasteiger partial charge in [-0.1, -0.05) is 17.3 Å². The number of hydrogen-bond acceptors (Lipinski definition) is 7. The summed E-state index contributed by atoms with van der Waals surface area (Å²) in [5, 5.41) is 6.57. The van der Waals surface area contributed by atoms with Crippen LogP contribution in [0.1, 0.15) is 16.5 Å². The number of aromatic amines is 1. The van der Waals surface area contributed by atoms with E-state index in [4.69, 9.17) is 14.0 Å². The van der Waals surface area contributed by atoms with E-state index in [1.165, 1.54) is 0 Å². The van der Waals surface area contributed by atoms with E-state index in [-0.39, 0.29) is 19.2 Å². The number of H-pyrrole nitrogens is 1. The molecule has 0 radical (unpaired) electrons. The Kier molecular flexibility index (Phi) is 3.49.